The number of halogens is 1. The molecular weight excluding hydrogens is 359 g/mol. The summed E-state index contributed by atoms with van der Waals surface area (Å²) in [5, 5.41) is 0. The van der Waals surface area contributed by atoms with Gasteiger partial charge in [-0.15, -0.1) is 0 Å². The van der Waals surface area contributed by atoms with E-state index in [1.165, 1.54) is 12.1 Å². The van der Waals surface area contributed by atoms with E-state index in [0.717, 1.165) is 36.1 Å². The van der Waals surface area contributed by atoms with E-state index >= 15 is 0 Å². The number of amides is 2. The highest BCUT2D eigenvalue weighted by molar-refractivity contribution is 6.00. The number of carbonyl (C=O) groups excluding carboxylic acids is 2. The Morgan fingerprint density at radius 1 is 1.21 bits per heavy atom. The molecule has 3 heterocycles. The van der Waals surface area contributed by atoms with Gasteiger partial charge in [-0.2, -0.15) is 0 Å². The van der Waals surface area contributed by atoms with Crippen LogP contribution in [-0.2, 0) is 22.6 Å². The summed E-state index contributed by atoms with van der Waals surface area (Å²) in [7, 11) is 0. The van der Waals surface area contributed by atoms with Crippen LogP contribution in [0.5, 0.6) is 0 Å². The Balaban J connectivity index is 1.69. The summed E-state index contributed by atoms with van der Waals surface area (Å²) < 4.78 is 13.2. The first-order valence-corrected chi connectivity index (χ1v) is 9.63. The van der Waals surface area contributed by atoms with Crippen LogP contribution in [0.25, 0.3) is 0 Å². The molecule has 1 saturated heterocycles. The molecule has 0 radical (unpaired) electrons. The fourth-order valence-corrected chi connectivity index (χ4v) is 4.06. The predicted molar refractivity (Wildman–Crippen MR) is 102 cm³/mol. The Kier molecular flexibility index (Phi) is 4.83. The quantitative estimate of drug-likeness (QED) is 0.818. The zero-order chi connectivity index (χ0) is 19.8. The van der Waals surface area contributed by atoms with E-state index in [1.807, 2.05) is 11.8 Å². The van der Waals surface area contributed by atoms with Crippen molar-refractivity contribution in [2.24, 2.45) is 0 Å². The summed E-state index contributed by atoms with van der Waals surface area (Å²) >= 11 is 0. The van der Waals surface area contributed by atoms with E-state index in [0.29, 0.717) is 24.7 Å². The number of anilines is 1. The van der Waals surface area contributed by atoms with Crippen molar-refractivity contribution in [2.45, 2.75) is 52.1 Å². The van der Waals surface area contributed by atoms with Gasteiger partial charge in [-0.1, -0.05) is 12.1 Å². The third kappa shape index (κ3) is 3.37. The molecule has 1 aromatic carbocycles. The van der Waals surface area contributed by atoms with E-state index in [2.05, 4.69) is 4.98 Å². The monoisotopic (exact) mass is 382 g/mol. The van der Waals surface area contributed by atoms with Crippen LogP contribution in [0.15, 0.2) is 24.3 Å². The highest BCUT2D eigenvalue weighted by atomic mass is 19.1. The summed E-state index contributed by atoms with van der Waals surface area (Å²) in [5.41, 5.74) is 2.45. The van der Waals surface area contributed by atoms with Crippen LogP contribution >= 0.6 is 0 Å². The van der Waals surface area contributed by atoms with Crippen molar-refractivity contribution < 1.29 is 14.0 Å². The highest BCUT2D eigenvalue weighted by Crippen LogP contribution is 2.35. The van der Waals surface area contributed by atoms with Gasteiger partial charge in [0.05, 0.1) is 19.0 Å². The van der Waals surface area contributed by atoms with Gasteiger partial charge in [0.25, 0.3) is 0 Å². The molecule has 1 aromatic heterocycles. The molecule has 2 aliphatic heterocycles. The van der Waals surface area contributed by atoms with Gasteiger partial charge in [0.1, 0.15) is 11.6 Å². The number of hydrogen-bond acceptors (Lipinski definition) is 4. The minimum Gasteiger partial charge on any atom is -0.333 e. The van der Waals surface area contributed by atoms with Gasteiger partial charge >= 0.3 is 0 Å². The van der Waals surface area contributed by atoms with Crippen LogP contribution in [0, 0.1) is 12.7 Å². The first-order valence-electron chi connectivity index (χ1n) is 9.63. The van der Waals surface area contributed by atoms with Crippen molar-refractivity contribution in [3.63, 3.8) is 0 Å². The second-order valence-corrected chi connectivity index (χ2v) is 7.48. The first-order chi connectivity index (χ1) is 13.4. The SMILES string of the molecule is CC(=O)N1CCCCC1c1nc(C)c2c(n1)N(Cc1ccc(F)cc1)C(=O)C2. The van der Waals surface area contributed by atoms with E-state index < -0.39 is 0 Å². The molecule has 0 aliphatic carbocycles. The number of nitrogens with zero attached hydrogens (tertiary/aromatic N) is 4. The van der Waals surface area contributed by atoms with Gasteiger partial charge in [-0.25, -0.2) is 14.4 Å². The maximum atomic E-state index is 13.2. The Bertz CT molecular complexity index is 929. The molecule has 146 valence electrons. The molecule has 0 spiro atoms. The lowest BCUT2D eigenvalue weighted by Crippen LogP contribution is -2.38. The van der Waals surface area contributed by atoms with Gasteiger partial charge in [0.15, 0.2) is 5.82 Å². The molecular formula is C21H23FN4O2. The molecule has 7 heteroatoms. The van der Waals surface area contributed by atoms with Crippen LogP contribution in [0.2, 0.25) is 0 Å². The third-order valence-electron chi connectivity index (χ3n) is 5.55. The number of hydrogen-bond donors (Lipinski definition) is 0. The molecule has 0 saturated carbocycles. The molecule has 0 N–H and O–H groups in total. The molecule has 2 amide bonds. The highest BCUT2D eigenvalue weighted by Gasteiger charge is 2.34. The van der Waals surface area contributed by atoms with Gasteiger partial charge in [-0.3, -0.25) is 14.5 Å². The van der Waals surface area contributed by atoms with Crippen LogP contribution in [0.1, 0.15) is 54.9 Å². The molecule has 1 atom stereocenters. The van der Waals surface area contributed by atoms with Crippen molar-refractivity contribution in [2.75, 3.05) is 11.4 Å². The van der Waals surface area contributed by atoms with Crippen LogP contribution in [-0.4, -0.2) is 33.2 Å². The number of fused-ring (bicyclic) bond motifs is 1. The van der Waals surface area contributed by atoms with Gasteiger partial charge in [-0.05, 0) is 43.9 Å². The zero-order valence-electron chi connectivity index (χ0n) is 16.1. The smallest absolute Gasteiger partial charge is 0.233 e. The fourth-order valence-electron chi connectivity index (χ4n) is 4.06. The average Bonchev–Trinajstić information content (AvgIpc) is 3.00. The second kappa shape index (κ2) is 7.30. The first kappa shape index (κ1) is 18.5. The zero-order valence-corrected chi connectivity index (χ0v) is 16.1. The number of rotatable bonds is 3. The third-order valence-corrected chi connectivity index (χ3v) is 5.55. The number of aryl methyl sites for hydroxylation is 1. The second-order valence-electron chi connectivity index (χ2n) is 7.48. The average molecular weight is 382 g/mol. The number of aromatic nitrogens is 2. The minimum atomic E-state index is -0.307. The molecule has 28 heavy (non-hydrogen) atoms. The van der Waals surface area contributed by atoms with Gasteiger partial charge < -0.3 is 4.90 Å². The molecule has 2 aromatic rings. The molecule has 4 rings (SSSR count). The maximum Gasteiger partial charge on any atom is 0.233 e. The summed E-state index contributed by atoms with van der Waals surface area (Å²) in [6, 6.07) is 5.97. The molecule has 1 unspecified atom stereocenters. The standard InChI is InChI=1S/C21H23FN4O2/c1-13-17-11-19(28)26(12-15-6-8-16(22)9-7-15)21(17)24-20(23-13)18-5-3-4-10-25(18)14(2)27/h6-9,18H,3-5,10-12H2,1-2H3. The van der Waals surface area contributed by atoms with E-state index in [1.54, 1.807) is 24.0 Å². The van der Waals surface area contributed by atoms with E-state index in [-0.39, 0.29) is 30.1 Å². The number of carbonyl (C=O) groups is 2. The van der Waals surface area contributed by atoms with Crippen molar-refractivity contribution in [1.29, 1.82) is 0 Å². The fraction of sp³-hybridized carbons (Fsp3) is 0.429. The van der Waals surface area contributed by atoms with Crippen LogP contribution in [0.4, 0.5) is 10.2 Å². The Hall–Kier alpha value is -2.83. The van der Waals surface area contributed by atoms with Crippen LogP contribution in [0.3, 0.4) is 0 Å². The van der Waals surface area contributed by atoms with Crippen molar-refractivity contribution >= 4 is 17.6 Å². The molecule has 2 aliphatic rings. The van der Waals surface area contributed by atoms with Gasteiger partial charge in [0.2, 0.25) is 11.8 Å². The molecule has 0 bridgehead atoms. The number of benzene rings is 1. The minimum absolute atomic E-state index is 0.0192. The summed E-state index contributed by atoms with van der Waals surface area (Å²) in [6.07, 6.45) is 3.09. The van der Waals surface area contributed by atoms with Crippen molar-refractivity contribution in [1.82, 2.24) is 14.9 Å². The van der Waals surface area contributed by atoms with Crippen molar-refractivity contribution in [3.05, 3.63) is 52.7 Å². The number of likely N-dealkylation sites (tertiary alicyclic amines) is 1. The lowest BCUT2D eigenvalue weighted by atomic mass is 10.0. The Morgan fingerprint density at radius 2 is 1.96 bits per heavy atom. The Morgan fingerprint density at radius 3 is 2.68 bits per heavy atom. The predicted octanol–water partition coefficient (Wildman–Crippen LogP) is 3.09. The normalized spacial score (nSPS) is 19.1. The molecule has 1 fully saturated rings. The summed E-state index contributed by atoms with van der Waals surface area (Å²) in [5.74, 6) is 0.890. The summed E-state index contributed by atoms with van der Waals surface area (Å²) in [4.78, 5) is 37.6. The largest absolute Gasteiger partial charge is 0.333 e. The number of piperidine rings is 1. The Labute approximate surface area is 163 Å². The van der Waals surface area contributed by atoms with Crippen LogP contribution < -0.4 is 4.90 Å². The lowest BCUT2D eigenvalue weighted by molar-refractivity contribution is -0.132. The van der Waals surface area contributed by atoms with E-state index in [9.17, 15) is 14.0 Å². The van der Waals surface area contributed by atoms with E-state index in [4.69, 9.17) is 4.98 Å². The van der Waals surface area contributed by atoms with Gasteiger partial charge in [0, 0.05) is 24.7 Å². The topological polar surface area (TPSA) is 66.4 Å². The maximum absolute atomic E-state index is 13.2. The van der Waals surface area contributed by atoms with Crippen molar-refractivity contribution in [3.8, 4) is 0 Å². The molecule has 6 nitrogen and oxygen atoms in total. The summed E-state index contributed by atoms with van der Waals surface area (Å²) in [6.45, 7) is 4.50. The lowest BCUT2D eigenvalue weighted by Gasteiger charge is -2.34.